The number of carbonyl (C=O) groups excluding carboxylic acids is 2. The van der Waals surface area contributed by atoms with Crippen LogP contribution in [0.3, 0.4) is 0 Å². The molecule has 0 aliphatic carbocycles. The minimum atomic E-state index is -0.675. The van der Waals surface area contributed by atoms with Gasteiger partial charge in [0.25, 0.3) is 5.91 Å². The number of urea groups is 1. The van der Waals surface area contributed by atoms with Gasteiger partial charge in [-0.15, -0.1) is 0 Å². The molecule has 3 aliphatic rings. The zero-order valence-corrected chi connectivity index (χ0v) is 14.8. The Labute approximate surface area is 148 Å². The summed E-state index contributed by atoms with van der Waals surface area (Å²) in [5.74, 6) is -0.0377. The lowest BCUT2D eigenvalue weighted by Crippen LogP contribution is -2.54. The second kappa shape index (κ2) is 6.42. The maximum Gasteiger partial charge on any atom is 0.326 e. The third-order valence-electron chi connectivity index (χ3n) is 5.96. The van der Waals surface area contributed by atoms with Crippen molar-refractivity contribution in [2.45, 2.75) is 37.3 Å². The van der Waals surface area contributed by atoms with Gasteiger partial charge in [-0.05, 0) is 38.3 Å². The standard InChI is InChI=1S/C19H26N4O2/c1-21-12-9-19(10-13-21)17(24)23(18(25)20-19)14-22-11-5-8-16(22)15-6-3-2-4-7-15/h2-4,6-7,16H,5,8-14H2,1H3,(H,20,25). The fourth-order valence-corrected chi connectivity index (χ4v) is 4.37. The Hall–Kier alpha value is -1.92. The van der Waals surface area contributed by atoms with Crippen LogP contribution in [0.4, 0.5) is 4.79 Å². The average Bonchev–Trinajstić information content (AvgIpc) is 3.18. The molecule has 3 heterocycles. The van der Waals surface area contributed by atoms with Crippen LogP contribution in [0.25, 0.3) is 0 Å². The lowest BCUT2D eigenvalue weighted by Gasteiger charge is -2.35. The first-order valence-corrected chi connectivity index (χ1v) is 9.21. The van der Waals surface area contributed by atoms with Crippen molar-refractivity contribution in [1.29, 1.82) is 0 Å². The summed E-state index contributed by atoms with van der Waals surface area (Å²) in [6.45, 7) is 3.00. The minimum absolute atomic E-state index is 0.0377. The second-order valence-corrected chi connectivity index (χ2v) is 7.57. The fraction of sp³-hybridized carbons (Fsp3) is 0.579. The quantitative estimate of drug-likeness (QED) is 0.851. The normalized spacial score (nSPS) is 27.2. The lowest BCUT2D eigenvalue weighted by molar-refractivity contribution is -0.134. The molecular formula is C19H26N4O2. The number of hydrogen-bond acceptors (Lipinski definition) is 4. The van der Waals surface area contributed by atoms with Crippen LogP contribution < -0.4 is 5.32 Å². The van der Waals surface area contributed by atoms with Crippen LogP contribution in [0.1, 0.15) is 37.3 Å². The number of rotatable bonds is 3. The highest BCUT2D eigenvalue weighted by atomic mass is 16.2. The van der Waals surface area contributed by atoms with Crippen molar-refractivity contribution in [3.8, 4) is 0 Å². The van der Waals surface area contributed by atoms with Crippen molar-refractivity contribution < 1.29 is 9.59 Å². The number of benzene rings is 1. The highest BCUT2D eigenvalue weighted by molar-refractivity contribution is 6.07. The first-order chi connectivity index (χ1) is 12.1. The Balaban J connectivity index is 1.49. The molecule has 3 fully saturated rings. The van der Waals surface area contributed by atoms with Crippen molar-refractivity contribution in [3.05, 3.63) is 35.9 Å². The maximum absolute atomic E-state index is 13.0. The van der Waals surface area contributed by atoms with Crippen molar-refractivity contribution in [2.75, 3.05) is 33.4 Å². The summed E-state index contributed by atoms with van der Waals surface area (Å²) < 4.78 is 0. The maximum atomic E-state index is 13.0. The van der Waals surface area contributed by atoms with Crippen LogP contribution in [0.2, 0.25) is 0 Å². The van der Waals surface area contributed by atoms with E-state index in [1.807, 2.05) is 18.2 Å². The van der Waals surface area contributed by atoms with E-state index in [0.717, 1.165) is 32.5 Å². The summed E-state index contributed by atoms with van der Waals surface area (Å²) in [7, 11) is 2.06. The molecule has 1 aromatic carbocycles. The Bertz CT molecular complexity index is 655. The van der Waals surface area contributed by atoms with E-state index in [0.29, 0.717) is 19.5 Å². The van der Waals surface area contributed by atoms with Gasteiger partial charge in [-0.1, -0.05) is 30.3 Å². The van der Waals surface area contributed by atoms with E-state index >= 15 is 0 Å². The Kier molecular flexibility index (Phi) is 4.25. The summed E-state index contributed by atoms with van der Waals surface area (Å²) in [6.07, 6.45) is 3.57. The zero-order valence-electron chi connectivity index (χ0n) is 14.8. The van der Waals surface area contributed by atoms with Gasteiger partial charge in [0.2, 0.25) is 0 Å². The van der Waals surface area contributed by atoms with Crippen LogP contribution in [0, 0.1) is 0 Å². The molecule has 0 bridgehead atoms. The van der Waals surface area contributed by atoms with E-state index in [1.54, 1.807) is 0 Å². The predicted molar refractivity (Wildman–Crippen MR) is 94.8 cm³/mol. The van der Waals surface area contributed by atoms with Crippen LogP contribution in [0.5, 0.6) is 0 Å². The van der Waals surface area contributed by atoms with Gasteiger partial charge in [0.15, 0.2) is 0 Å². The number of carbonyl (C=O) groups is 2. The van der Waals surface area contributed by atoms with Gasteiger partial charge in [-0.3, -0.25) is 9.69 Å². The number of nitrogens with zero attached hydrogens (tertiary/aromatic N) is 3. The number of nitrogens with one attached hydrogen (secondary N) is 1. The van der Waals surface area contributed by atoms with E-state index in [2.05, 4.69) is 34.3 Å². The van der Waals surface area contributed by atoms with Crippen LogP contribution in [-0.2, 0) is 4.79 Å². The van der Waals surface area contributed by atoms with Crippen LogP contribution >= 0.6 is 0 Å². The smallest absolute Gasteiger partial charge is 0.323 e. The molecule has 0 saturated carbocycles. The SMILES string of the molecule is CN1CCC2(CC1)NC(=O)N(CN1CCCC1c1ccccc1)C2=O. The summed E-state index contributed by atoms with van der Waals surface area (Å²) in [4.78, 5) is 31.5. The zero-order chi connectivity index (χ0) is 17.4. The molecular weight excluding hydrogens is 316 g/mol. The number of piperidine rings is 1. The minimum Gasteiger partial charge on any atom is -0.323 e. The van der Waals surface area contributed by atoms with E-state index in [1.165, 1.54) is 10.5 Å². The molecule has 6 heteroatoms. The van der Waals surface area contributed by atoms with E-state index in [4.69, 9.17) is 0 Å². The Morgan fingerprint density at radius 3 is 2.56 bits per heavy atom. The van der Waals surface area contributed by atoms with Gasteiger partial charge in [-0.2, -0.15) is 0 Å². The molecule has 134 valence electrons. The molecule has 1 spiro atoms. The summed E-state index contributed by atoms with van der Waals surface area (Å²) >= 11 is 0. The number of imide groups is 1. The second-order valence-electron chi connectivity index (χ2n) is 7.57. The molecule has 1 atom stereocenters. The van der Waals surface area contributed by atoms with Crippen molar-refractivity contribution in [1.82, 2.24) is 20.0 Å². The molecule has 25 heavy (non-hydrogen) atoms. The topological polar surface area (TPSA) is 55.9 Å². The number of likely N-dealkylation sites (tertiary alicyclic amines) is 2. The average molecular weight is 342 g/mol. The Morgan fingerprint density at radius 2 is 1.84 bits per heavy atom. The van der Waals surface area contributed by atoms with Crippen molar-refractivity contribution in [3.63, 3.8) is 0 Å². The van der Waals surface area contributed by atoms with E-state index < -0.39 is 5.54 Å². The third kappa shape index (κ3) is 2.93. The summed E-state index contributed by atoms with van der Waals surface area (Å²) in [5, 5.41) is 3.00. The van der Waals surface area contributed by atoms with E-state index in [9.17, 15) is 9.59 Å². The molecule has 4 rings (SSSR count). The van der Waals surface area contributed by atoms with Gasteiger partial charge >= 0.3 is 6.03 Å². The van der Waals surface area contributed by atoms with Gasteiger partial charge in [0.05, 0.1) is 6.67 Å². The molecule has 1 aromatic rings. The van der Waals surface area contributed by atoms with Gasteiger partial charge in [0.1, 0.15) is 5.54 Å². The fourth-order valence-electron chi connectivity index (χ4n) is 4.37. The third-order valence-corrected chi connectivity index (χ3v) is 5.96. The largest absolute Gasteiger partial charge is 0.326 e. The van der Waals surface area contributed by atoms with Gasteiger partial charge < -0.3 is 10.2 Å². The first-order valence-electron chi connectivity index (χ1n) is 9.21. The molecule has 3 aliphatic heterocycles. The highest BCUT2D eigenvalue weighted by Gasteiger charge is 2.52. The molecule has 1 N–H and O–H groups in total. The summed E-state index contributed by atoms with van der Waals surface area (Å²) in [6, 6.07) is 10.4. The van der Waals surface area contributed by atoms with Crippen molar-refractivity contribution in [2.24, 2.45) is 0 Å². The van der Waals surface area contributed by atoms with Gasteiger partial charge in [0, 0.05) is 25.7 Å². The summed E-state index contributed by atoms with van der Waals surface area (Å²) in [5.41, 5.74) is 0.590. The molecule has 3 amide bonds. The monoisotopic (exact) mass is 342 g/mol. The predicted octanol–water partition coefficient (Wildman–Crippen LogP) is 1.80. The van der Waals surface area contributed by atoms with Crippen molar-refractivity contribution >= 4 is 11.9 Å². The van der Waals surface area contributed by atoms with Crippen LogP contribution in [0.15, 0.2) is 30.3 Å². The first kappa shape index (κ1) is 16.5. The molecule has 0 aromatic heterocycles. The van der Waals surface area contributed by atoms with E-state index in [-0.39, 0.29) is 18.0 Å². The number of amides is 3. The Morgan fingerprint density at radius 1 is 1.12 bits per heavy atom. The molecule has 1 unspecified atom stereocenters. The molecule has 3 saturated heterocycles. The van der Waals surface area contributed by atoms with Gasteiger partial charge in [-0.25, -0.2) is 9.69 Å². The molecule has 0 radical (unpaired) electrons. The molecule has 6 nitrogen and oxygen atoms in total. The van der Waals surface area contributed by atoms with Crippen LogP contribution in [-0.4, -0.2) is 65.5 Å². The highest BCUT2D eigenvalue weighted by Crippen LogP contribution is 2.34. The number of hydrogen-bond donors (Lipinski definition) is 1. The lowest BCUT2D eigenvalue weighted by atomic mass is 9.88.